The topological polar surface area (TPSA) is 38.7 Å². The maximum atomic E-state index is 8.88. The van der Waals surface area contributed by atoms with Crippen molar-refractivity contribution in [3.63, 3.8) is 0 Å². The third-order valence-electron chi connectivity index (χ3n) is 2.95. The summed E-state index contributed by atoms with van der Waals surface area (Å²) in [5.41, 5.74) is 1.18. The van der Waals surface area contributed by atoms with Crippen molar-refractivity contribution in [2.24, 2.45) is 0 Å². The van der Waals surface area contributed by atoms with Gasteiger partial charge in [-0.3, -0.25) is 0 Å². The lowest BCUT2D eigenvalue weighted by atomic mass is 10.1. The normalized spacial score (nSPS) is 23.2. The van der Waals surface area contributed by atoms with E-state index < -0.39 is 0 Å². The Kier molecular flexibility index (Phi) is 5.39. The number of rotatable bonds is 6. The third-order valence-corrected chi connectivity index (χ3v) is 2.95. The molecule has 3 heteroatoms. The van der Waals surface area contributed by atoms with Gasteiger partial charge < -0.3 is 14.6 Å². The molecule has 0 aliphatic carbocycles. The number of ether oxygens (including phenoxy) is 2. The Morgan fingerprint density at radius 1 is 1.28 bits per heavy atom. The van der Waals surface area contributed by atoms with Gasteiger partial charge in [0.15, 0.2) is 0 Å². The van der Waals surface area contributed by atoms with Crippen molar-refractivity contribution >= 4 is 0 Å². The minimum Gasteiger partial charge on any atom is -0.396 e. The second kappa shape index (κ2) is 7.31. The van der Waals surface area contributed by atoms with Gasteiger partial charge >= 0.3 is 0 Å². The van der Waals surface area contributed by atoms with E-state index in [9.17, 15) is 0 Å². The Morgan fingerprint density at radius 2 is 2.11 bits per heavy atom. The van der Waals surface area contributed by atoms with Crippen molar-refractivity contribution in [2.45, 2.75) is 31.7 Å². The van der Waals surface area contributed by atoms with Crippen LogP contribution in [0.1, 0.15) is 18.4 Å². The molecule has 1 aromatic rings. The molecule has 1 aromatic carbocycles. The first-order chi connectivity index (χ1) is 8.88. The van der Waals surface area contributed by atoms with Crippen LogP contribution in [0.5, 0.6) is 0 Å². The lowest BCUT2D eigenvalue weighted by Gasteiger charge is -2.25. The van der Waals surface area contributed by atoms with Crippen molar-refractivity contribution in [3.05, 3.63) is 48.0 Å². The van der Waals surface area contributed by atoms with Crippen LogP contribution in [0.3, 0.4) is 0 Å². The third kappa shape index (κ3) is 4.26. The largest absolute Gasteiger partial charge is 0.396 e. The highest BCUT2D eigenvalue weighted by atomic mass is 16.5. The lowest BCUT2D eigenvalue weighted by Crippen LogP contribution is -2.28. The van der Waals surface area contributed by atoms with E-state index in [1.807, 2.05) is 24.3 Å². The number of benzene rings is 1. The number of hydrogen-bond donors (Lipinski definition) is 1. The van der Waals surface area contributed by atoms with Gasteiger partial charge in [-0.15, -0.1) is 0 Å². The molecule has 0 saturated heterocycles. The SMILES string of the molecule is OCC[C@@H]1C=CC[C@@H](COCc2ccccc2)O1. The van der Waals surface area contributed by atoms with Gasteiger partial charge in [0.2, 0.25) is 0 Å². The number of aliphatic hydroxyl groups is 1. The average molecular weight is 248 g/mol. The van der Waals surface area contributed by atoms with E-state index in [2.05, 4.69) is 18.2 Å². The fraction of sp³-hybridized carbons (Fsp3) is 0.467. The van der Waals surface area contributed by atoms with Crippen LogP contribution in [0.25, 0.3) is 0 Å². The Labute approximate surface area is 108 Å². The summed E-state index contributed by atoms with van der Waals surface area (Å²) in [6, 6.07) is 10.1. The molecule has 98 valence electrons. The predicted octanol–water partition coefficient (Wildman–Crippen LogP) is 2.30. The molecule has 0 unspecified atom stereocenters. The molecule has 1 aliphatic rings. The quantitative estimate of drug-likeness (QED) is 0.785. The Balaban J connectivity index is 1.69. The van der Waals surface area contributed by atoms with Gasteiger partial charge in [0.1, 0.15) is 0 Å². The van der Waals surface area contributed by atoms with Crippen molar-refractivity contribution < 1.29 is 14.6 Å². The van der Waals surface area contributed by atoms with Gasteiger partial charge in [0.05, 0.1) is 25.4 Å². The molecule has 0 bridgehead atoms. The van der Waals surface area contributed by atoms with Gasteiger partial charge in [-0.1, -0.05) is 42.5 Å². The molecule has 0 fully saturated rings. The van der Waals surface area contributed by atoms with Crippen molar-refractivity contribution in [3.8, 4) is 0 Å². The zero-order chi connectivity index (χ0) is 12.6. The van der Waals surface area contributed by atoms with Gasteiger partial charge in [-0.2, -0.15) is 0 Å². The molecule has 0 radical (unpaired) electrons. The predicted molar refractivity (Wildman–Crippen MR) is 70.2 cm³/mol. The lowest BCUT2D eigenvalue weighted by molar-refractivity contribution is -0.0548. The van der Waals surface area contributed by atoms with Gasteiger partial charge in [-0.25, -0.2) is 0 Å². The van der Waals surface area contributed by atoms with Crippen LogP contribution in [-0.4, -0.2) is 30.5 Å². The van der Waals surface area contributed by atoms with Crippen molar-refractivity contribution in [1.29, 1.82) is 0 Å². The summed E-state index contributed by atoms with van der Waals surface area (Å²) < 4.78 is 11.5. The van der Waals surface area contributed by atoms with Crippen LogP contribution in [0, 0.1) is 0 Å². The fourth-order valence-corrected chi connectivity index (χ4v) is 2.01. The first kappa shape index (κ1) is 13.3. The number of hydrogen-bond acceptors (Lipinski definition) is 3. The Hall–Kier alpha value is -1.16. The highest BCUT2D eigenvalue weighted by Gasteiger charge is 2.17. The van der Waals surface area contributed by atoms with E-state index in [-0.39, 0.29) is 18.8 Å². The average Bonchev–Trinajstić information content (AvgIpc) is 2.41. The van der Waals surface area contributed by atoms with Crippen LogP contribution in [0.15, 0.2) is 42.5 Å². The van der Waals surface area contributed by atoms with Crippen LogP contribution >= 0.6 is 0 Å². The Morgan fingerprint density at radius 3 is 2.89 bits per heavy atom. The van der Waals surface area contributed by atoms with E-state index in [0.29, 0.717) is 19.6 Å². The highest BCUT2D eigenvalue weighted by Crippen LogP contribution is 2.15. The Bertz CT molecular complexity index is 361. The molecule has 0 spiro atoms. The molecule has 0 aromatic heterocycles. The summed E-state index contributed by atoms with van der Waals surface area (Å²) in [5.74, 6) is 0. The zero-order valence-electron chi connectivity index (χ0n) is 10.5. The summed E-state index contributed by atoms with van der Waals surface area (Å²) in [4.78, 5) is 0. The number of aliphatic hydroxyl groups excluding tert-OH is 1. The van der Waals surface area contributed by atoms with Gasteiger partial charge in [0.25, 0.3) is 0 Å². The molecule has 1 heterocycles. The van der Waals surface area contributed by atoms with Gasteiger partial charge in [0, 0.05) is 13.0 Å². The molecule has 3 nitrogen and oxygen atoms in total. The monoisotopic (exact) mass is 248 g/mol. The summed E-state index contributed by atoms with van der Waals surface area (Å²) in [7, 11) is 0. The zero-order valence-corrected chi connectivity index (χ0v) is 10.5. The standard InChI is InChI=1S/C15H20O3/c16-10-9-14-7-4-8-15(18-14)12-17-11-13-5-2-1-3-6-13/h1-7,14-16H,8-12H2/t14-,15-/m0/s1. The molecular formula is C15H20O3. The van der Waals surface area contributed by atoms with Gasteiger partial charge in [-0.05, 0) is 12.0 Å². The van der Waals surface area contributed by atoms with E-state index >= 15 is 0 Å². The smallest absolute Gasteiger partial charge is 0.0851 e. The molecule has 2 atom stereocenters. The first-order valence-electron chi connectivity index (χ1n) is 6.43. The van der Waals surface area contributed by atoms with E-state index in [4.69, 9.17) is 14.6 Å². The molecule has 1 N–H and O–H groups in total. The first-order valence-corrected chi connectivity index (χ1v) is 6.43. The maximum Gasteiger partial charge on any atom is 0.0851 e. The fourth-order valence-electron chi connectivity index (χ4n) is 2.01. The second-order valence-corrected chi connectivity index (χ2v) is 4.47. The molecule has 18 heavy (non-hydrogen) atoms. The van der Waals surface area contributed by atoms with E-state index in [1.54, 1.807) is 0 Å². The maximum absolute atomic E-state index is 8.88. The summed E-state index contributed by atoms with van der Waals surface area (Å²) in [6.07, 6.45) is 5.82. The molecular weight excluding hydrogens is 228 g/mol. The second-order valence-electron chi connectivity index (χ2n) is 4.47. The summed E-state index contributed by atoms with van der Waals surface area (Å²) >= 11 is 0. The molecule has 0 saturated carbocycles. The molecule has 1 aliphatic heterocycles. The van der Waals surface area contributed by atoms with Crippen molar-refractivity contribution in [2.75, 3.05) is 13.2 Å². The highest BCUT2D eigenvalue weighted by molar-refractivity contribution is 5.13. The van der Waals surface area contributed by atoms with E-state index in [0.717, 1.165) is 6.42 Å². The van der Waals surface area contributed by atoms with Crippen LogP contribution in [0.2, 0.25) is 0 Å². The van der Waals surface area contributed by atoms with E-state index in [1.165, 1.54) is 5.56 Å². The molecule has 0 amide bonds. The minimum absolute atomic E-state index is 0.0362. The summed E-state index contributed by atoms with van der Waals surface area (Å²) in [6.45, 7) is 1.38. The molecule has 2 rings (SSSR count). The van der Waals surface area contributed by atoms with Crippen molar-refractivity contribution in [1.82, 2.24) is 0 Å². The van der Waals surface area contributed by atoms with Crippen LogP contribution < -0.4 is 0 Å². The van der Waals surface area contributed by atoms with Crippen LogP contribution in [0.4, 0.5) is 0 Å². The minimum atomic E-state index is 0.0362. The summed E-state index contributed by atoms with van der Waals surface area (Å²) in [5, 5.41) is 8.88. The van der Waals surface area contributed by atoms with Crippen LogP contribution in [-0.2, 0) is 16.1 Å².